The molecule has 176 valence electrons. The number of aryl methyl sites for hydroxylation is 2. The van der Waals surface area contributed by atoms with Crippen LogP contribution in [0.4, 0.5) is 0 Å². The van der Waals surface area contributed by atoms with Crippen molar-refractivity contribution in [2.75, 3.05) is 0 Å². The van der Waals surface area contributed by atoms with E-state index in [1.807, 2.05) is 60.8 Å². The number of amides is 2. The molecule has 0 saturated heterocycles. The van der Waals surface area contributed by atoms with Gasteiger partial charge in [-0.25, -0.2) is 4.98 Å². The molecule has 8 nitrogen and oxygen atoms in total. The largest absolute Gasteiger partial charge is 0.361 e. The number of carbonyl (C=O) groups excluding carboxylic acids is 2. The van der Waals surface area contributed by atoms with Gasteiger partial charge >= 0.3 is 0 Å². The predicted molar refractivity (Wildman–Crippen MR) is 137 cm³/mol. The van der Waals surface area contributed by atoms with Gasteiger partial charge < -0.3 is 4.98 Å². The fourth-order valence-corrected chi connectivity index (χ4v) is 4.90. The molecule has 0 atom stereocenters. The minimum absolute atomic E-state index is 0.0183. The summed E-state index contributed by atoms with van der Waals surface area (Å²) in [5, 5.41) is 3.45. The number of para-hydroxylation sites is 1. The lowest BCUT2D eigenvalue weighted by molar-refractivity contribution is -0.128. The van der Waals surface area contributed by atoms with Gasteiger partial charge in [-0.1, -0.05) is 48.0 Å². The van der Waals surface area contributed by atoms with E-state index in [1.165, 1.54) is 22.2 Å². The molecule has 0 spiro atoms. The van der Waals surface area contributed by atoms with Gasteiger partial charge in [-0.15, -0.1) is 11.3 Å². The van der Waals surface area contributed by atoms with E-state index in [4.69, 9.17) is 0 Å². The van der Waals surface area contributed by atoms with Crippen molar-refractivity contribution in [1.29, 1.82) is 0 Å². The maximum absolute atomic E-state index is 13.1. The zero-order chi connectivity index (χ0) is 24.4. The van der Waals surface area contributed by atoms with Crippen LogP contribution in [-0.4, -0.2) is 26.3 Å². The van der Waals surface area contributed by atoms with Crippen LogP contribution in [0, 0.1) is 6.92 Å². The maximum Gasteiger partial charge on any atom is 0.262 e. The average molecular weight is 486 g/mol. The topological polar surface area (TPSA) is 109 Å². The molecule has 35 heavy (non-hydrogen) atoms. The van der Waals surface area contributed by atoms with Crippen molar-refractivity contribution in [3.8, 4) is 11.1 Å². The van der Waals surface area contributed by atoms with Crippen molar-refractivity contribution in [3.05, 3.63) is 87.9 Å². The van der Waals surface area contributed by atoms with Crippen molar-refractivity contribution in [2.24, 2.45) is 0 Å². The number of fused-ring (bicyclic) bond motifs is 2. The number of carbonyl (C=O) groups is 2. The van der Waals surface area contributed by atoms with E-state index in [9.17, 15) is 14.4 Å². The summed E-state index contributed by atoms with van der Waals surface area (Å²) in [7, 11) is 0. The first-order valence-electron chi connectivity index (χ1n) is 11.2. The molecule has 0 aliphatic carbocycles. The summed E-state index contributed by atoms with van der Waals surface area (Å²) in [6.45, 7) is 2.16. The van der Waals surface area contributed by atoms with E-state index < -0.39 is 5.91 Å². The Bertz CT molecular complexity index is 1600. The first-order valence-corrected chi connectivity index (χ1v) is 12.0. The van der Waals surface area contributed by atoms with Gasteiger partial charge in [0.15, 0.2) is 0 Å². The van der Waals surface area contributed by atoms with Gasteiger partial charge in [0, 0.05) is 41.0 Å². The highest BCUT2D eigenvalue weighted by Gasteiger charge is 2.14. The average Bonchev–Trinajstić information content (AvgIpc) is 3.48. The van der Waals surface area contributed by atoms with Crippen LogP contribution in [0.1, 0.15) is 17.5 Å². The summed E-state index contributed by atoms with van der Waals surface area (Å²) in [6, 6.07) is 15.7. The highest BCUT2D eigenvalue weighted by molar-refractivity contribution is 7.17. The molecule has 0 aliphatic rings. The zero-order valence-corrected chi connectivity index (χ0v) is 19.8. The number of hydrazine groups is 1. The third-order valence-corrected chi connectivity index (χ3v) is 6.76. The third-order valence-electron chi connectivity index (χ3n) is 5.87. The molecule has 0 radical (unpaired) electrons. The molecule has 0 bridgehead atoms. The second-order valence-electron chi connectivity index (χ2n) is 8.32. The normalized spacial score (nSPS) is 11.1. The van der Waals surface area contributed by atoms with Gasteiger partial charge in [-0.05, 0) is 24.1 Å². The molecule has 2 amide bonds. The van der Waals surface area contributed by atoms with E-state index in [0.29, 0.717) is 10.2 Å². The molecule has 5 rings (SSSR count). The number of nitrogens with zero attached hydrogens (tertiary/aromatic N) is 2. The Labute approximate surface area is 204 Å². The van der Waals surface area contributed by atoms with Crippen LogP contribution >= 0.6 is 11.3 Å². The van der Waals surface area contributed by atoms with Crippen molar-refractivity contribution < 1.29 is 9.59 Å². The standard InChI is InChI=1S/C26H23N5O3S/c1-16-6-8-17(9-7-16)20-14-35-25-24(20)26(34)31(15-28-25)11-10-22(32)29-30-23(33)12-18-13-27-21-5-3-2-4-19(18)21/h2-9,13-15,27H,10-12H2,1H3,(H,29,32)(H,30,33). The molecule has 3 heterocycles. The van der Waals surface area contributed by atoms with Crippen molar-refractivity contribution >= 4 is 44.3 Å². The first-order chi connectivity index (χ1) is 17.0. The van der Waals surface area contributed by atoms with Crippen molar-refractivity contribution in [2.45, 2.75) is 26.3 Å². The van der Waals surface area contributed by atoms with E-state index in [0.717, 1.165) is 33.2 Å². The molecule has 5 aromatic rings. The Kier molecular flexibility index (Phi) is 6.15. The van der Waals surface area contributed by atoms with Crippen LogP contribution in [0.3, 0.4) is 0 Å². The van der Waals surface area contributed by atoms with E-state index in [1.54, 1.807) is 6.20 Å². The second kappa shape index (κ2) is 9.55. The third kappa shape index (κ3) is 4.71. The number of hydrogen-bond acceptors (Lipinski definition) is 5. The van der Waals surface area contributed by atoms with Crippen LogP contribution < -0.4 is 16.4 Å². The Morgan fingerprint density at radius 1 is 1.06 bits per heavy atom. The number of aromatic amines is 1. The van der Waals surface area contributed by atoms with Crippen LogP contribution in [0.25, 0.3) is 32.2 Å². The predicted octanol–water partition coefficient (Wildman–Crippen LogP) is 3.69. The molecule has 3 N–H and O–H groups in total. The minimum atomic E-state index is -0.395. The number of thiophene rings is 1. The maximum atomic E-state index is 13.1. The molecule has 0 fully saturated rings. The smallest absolute Gasteiger partial charge is 0.262 e. The fourth-order valence-electron chi connectivity index (χ4n) is 3.99. The van der Waals surface area contributed by atoms with Crippen molar-refractivity contribution in [1.82, 2.24) is 25.4 Å². The molecule has 9 heteroatoms. The van der Waals surface area contributed by atoms with Gasteiger partial charge in [-0.3, -0.25) is 29.8 Å². The SMILES string of the molecule is Cc1ccc(-c2csc3ncn(CCC(=O)NNC(=O)Cc4c[nH]c5ccccc45)c(=O)c23)cc1. The molecular formula is C26H23N5O3S. The van der Waals surface area contributed by atoms with Gasteiger partial charge in [0.2, 0.25) is 11.8 Å². The number of aromatic nitrogens is 3. The van der Waals surface area contributed by atoms with Gasteiger partial charge in [-0.2, -0.15) is 0 Å². The van der Waals surface area contributed by atoms with Crippen LogP contribution in [0.15, 0.2) is 71.2 Å². The quantitative estimate of drug-likeness (QED) is 0.319. The number of benzene rings is 2. The lowest BCUT2D eigenvalue weighted by Gasteiger charge is -2.09. The Morgan fingerprint density at radius 2 is 1.83 bits per heavy atom. The highest BCUT2D eigenvalue weighted by atomic mass is 32.1. The molecule has 2 aromatic carbocycles. The summed E-state index contributed by atoms with van der Waals surface area (Å²) < 4.78 is 1.43. The number of hydrogen-bond donors (Lipinski definition) is 3. The minimum Gasteiger partial charge on any atom is -0.361 e. The number of rotatable bonds is 6. The Balaban J connectivity index is 1.21. The van der Waals surface area contributed by atoms with Gasteiger partial charge in [0.05, 0.1) is 18.1 Å². The van der Waals surface area contributed by atoms with Crippen LogP contribution in [0.2, 0.25) is 0 Å². The molecule has 0 aliphatic heterocycles. The Morgan fingerprint density at radius 3 is 2.66 bits per heavy atom. The lowest BCUT2D eigenvalue weighted by Crippen LogP contribution is -2.42. The highest BCUT2D eigenvalue weighted by Crippen LogP contribution is 2.30. The first kappa shape index (κ1) is 22.5. The summed E-state index contributed by atoms with van der Waals surface area (Å²) in [5.74, 6) is -0.724. The lowest BCUT2D eigenvalue weighted by atomic mass is 10.1. The summed E-state index contributed by atoms with van der Waals surface area (Å²) in [5.41, 5.74) is 9.41. The van der Waals surface area contributed by atoms with Crippen LogP contribution in [0.5, 0.6) is 0 Å². The van der Waals surface area contributed by atoms with Gasteiger partial charge in [0.25, 0.3) is 5.56 Å². The van der Waals surface area contributed by atoms with Crippen molar-refractivity contribution in [3.63, 3.8) is 0 Å². The number of H-pyrrole nitrogens is 1. The van der Waals surface area contributed by atoms with E-state index in [-0.39, 0.29) is 30.9 Å². The van der Waals surface area contributed by atoms with E-state index in [2.05, 4.69) is 20.8 Å². The summed E-state index contributed by atoms with van der Waals surface area (Å²) >= 11 is 1.42. The second-order valence-corrected chi connectivity index (χ2v) is 9.18. The van der Waals surface area contributed by atoms with Crippen LogP contribution in [-0.2, 0) is 22.6 Å². The molecule has 0 unspecified atom stereocenters. The molecule has 0 saturated carbocycles. The monoisotopic (exact) mass is 485 g/mol. The fraction of sp³-hybridized carbons (Fsp3) is 0.154. The summed E-state index contributed by atoms with van der Waals surface area (Å²) in [6.07, 6.45) is 3.40. The summed E-state index contributed by atoms with van der Waals surface area (Å²) in [4.78, 5) is 45.9. The molecular weight excluding hydrogens is 462 g/mol. The molecule has 3 aromatic heterocycles. The Hall–Kier alpha value is -4.24. The van der Waals surface area contributed by atoms with Gasteiger partial charge in [0.1, 0.15) is 4.83 Å². The zero-order valence-electron chi connectivity index (χ0n) is 19.0. The van der Waals surface area contributed by atoms with E-state index >= 15 is 0 Å². The number of nitrogens with one attached hydrogen (secondary N) is 3.